The highest BCUT2D eigenvalue weighted by Gasteiger charge is 2.32. The molecule has 38 heavy (non-hydrogen) atoms. The van der Waals surface area contributed by atoms with E-state index >= 15 is 0 Å². The third kappa shape index (κ3) is 8.16. The topological polar surface area (TPSA) is 114 Å². The van der Waals surface area contributed by atoms with Gasteiger partial charge in [0.05, 0.1) is 13.0 Å². The number of allylic oxidation sites excluding steroid dienone is 2. The van der Waals surface area contributed by atoms with Crippen LogP contribution in [0.5, 0.6) is 0 Å². The Hall–Kier alpha value is -4.20. The number of methoxy groups -OCH3 is 1. The summed E-state index contributed by atoms with van der Waals surface area (Å²) in [6, 6.07) is 15.8. The molecule has 0 bridgehead atoms. The lowest BCUT2D eigenvalue weighted by Gasteiger charge is -2.27. The first-order valence-corrected chi connectivity index (χ1v) is 12.7. The molecule has 0 aliphatic heterocycles. The van der Waals surface area contributed by atoms with Crippen molar-refractivity contribution in [2.45, 2.75) is 44.8 Å². The van der Waals surface area contributed by atoms with Gasteiger partial charge in [-0.15, -0.1) is 0 Å². The number of esters is 1. The van der Waals surface area contributed by atoms with E-state index in [9.17, 15) is 19.2 Å². The van der Waals surface area contributed by atoms with Crippen LogP contribution in [0.4, 0.5) is 0 Å². The van der Waals surface area contributed by atoms with E-state index in [0.29, 0.717) is 0 Å². The molecule has 200 valence electrons. The van der Waals surface area contributed by atoms with Crippen molar-refractivity contribution in [1.29, 1.82) is 0 Å². The van der Waals surface area contributed by atoms with Gasteiger partial charge in [0, 0.05) is 12.8 Å². The first-order valence-electron chi connectivity index (χ1n) is 12.7. The van der Waals surface area contributed by atoms with Crippen molar-refractivity contribution in [3.05, 3.63) is 96.1 Å². The van der Waals surface area contributed by atoms with Gasteiger partial charge in [-0.05, 0) is 17.0 Å². The van der Waals surface area contributed by atoms with Crippen molar-refractivity contribution in [2.24, 2.45) is 11.8 Å². The Morgan fingerprint density at radius 2 is 1.24 bits per heavy atom. The molecule has 0 heterocycles. The maximum Gasteiger partial charge on any atom is 0.328 e. The van der Waals surface area contributed by atoms with Gasteiger partial charge in [0.1, 0.15) is 18.1 Å². The Labute approximate surface area is 223 Å². The summed E-state index contributed by atoms with van der Waals surface area (Å²) in [6.45, 7) is 3.65. The molecular formula is C30H35N3O5. The lowest BCUT2D eigenvalue weighted by Crippen LogP contribution is -2.58. The predicted octanol–water partition coefficient (Wildman–Crippen LogP) is 2.50. The van der Waals surface area contributed by atoms with Gasteiger partial charge in [-0.1, -0.05) is 98.8 Å². The van der Waals surface area contributed by atoms with Crippen LogP contribution in [0.25, 0.3) is 0 Å². The van der Waals surface area contributed by atoms with Gasteiger partial charge < -0.3 is 20.7 Å². The summed E-state index contributed by atoms with van der Waals surface area (Å²) in [5, 5.41) is 8.38. The van der Waals surface area contributed by atoms with Gasteiger partial charge in [-0.3, -0.25) is 14.4 Å². The molecule has 0 unspecified atom stereocenters. The van der Waals surface area contributed by atoms with Crippen molar-refractivity contribution in [3.8, 4) is 0 Å². The van der Waals surface area contributed by atoms with Crippen molar-refractivity contribution < 1.29 is 23.9 Å². The van der Waals surface area contributed by atoms with Crippen LogP contribution in [0.2, 0.25) is 0 Å². The van der Waals surface area contributed by atoms with Crippen LogP contribution in [-0.4, -0.2) is 48.9 Å². The van der Waals surface area contributed by atoms with Crippen LogP contribution in [0.15, 0.2) is 85.0 Å². The molecule has 0 saturated heterocycles. The lowest BCUT2D eigenvalue weighted by atomic mass is 9.99. The number of benzene rings is 2. The van der Waals surface area contributed by atoms with E-state index in [1.807, 2.05) is 74.5 Å². The number of nitrogens with one attached hydrogen (secondary N) is 3. The first-order chi connectivity index (χ1) is 18.3. The monoisotopic (exact) mass is 517 g/mol. The Morgan fingerprint density at radius 3 is 1.74 bits per heavy atom. The average Bonchev–Trinajstić information content (AvgIpc) is 3.46. The Bertz CT molecular complexity index is 1150. The second-order valence-electron chi connectivity index (χ2n) is 9.55. The summed E-state index contributed by atoms with van der Waals surface area (Å²) in [4.78, 5) is 52.1. The minimum atomic E-state index is -0.989. The number of carbonyl (C=O) groups excluding carboxylic acids is 4. The highest BCUT2D eigenvalue weighted by atomic mass is 16.5. The fourth-order valence-corrected chi connectivity index (χ4v) is 4.17. The maximum atomic E-state index is 13.5. The van der Waals surface area contributed by atoms with Crippen molar-refractivity contribution in [2.75, 3.05) is 7.11 Å². The van der Waals surface area contributed by atoms with Gasteiger partial charge in [-0.25, -0.2) is 4.79 Å². The average molecular weight is 518 g/mol. The van der Waals surface area contributed by atoms with E-state index in [4.69, 9.17) is 4.74 Å². The van der Waals surface area contributed by atoms with Gasteiger partial charge in [0.25, 0.3) is 0 Å². The number of hydrogen-bond acceptors (Lipinski definition) is 5. The number of ether oxygens (including phenoxy) is 1. The van der Waals surface area contributed by atoms with Crippen molar-refractivity contribution >= 4 is 23.7 Å². The van der Waals surface area contributed by atoms with E-state index in [1.165, 1.54) is 7.11 Å². The third-order valence-electron chi connectivity index (χ3n) is 6.30. The molecule has 8 heteroatoms. The smallest absolute Gasteiger partial charge is 0.328 e. The normalized spacial score (nSPS) is 14.9. The molecule has 0 spiro atoms. The summed E-state index contributed by atoms with van der Waals surface area (Å²) in [7, 11) is 1.26. The zero-order chi connectivity index (χ0) is 27.5. The van der Waals surface area contributed by atoms with Crippen LogP contribution in [0, 0.1) is 11.8 Å². The summed E-state index contributed by atoms with van der Waals surface area (Å²) in [6.07, 6.45) is 7.49. The highest BCUT2D eigenvalue weighted by molar-refractivity contribution is 5.94. The van der Waals surface area contributed by atoms with Crippen LogP contribution in [0.3, 0.4) is 0 Å². The van der Waals surface area contributed by atoms with E-state index in [1.54, 1.807) is 24.3 Å². The number of amides is 3. The van der Waals surface area contributed by atoms with Crippen molar-refractivity contribution in [3.63, 3.8) is 0 Å². The molecule has 3 rings (SSSR count). The predicted molar refractivity (Wildman–Crippen MR) is 145 cm³/mol. The van der Waals surface area contributed by atoms with Gasteiger partial charge >= 0.3 is 5.97 Å². The summed E-state index contributed by atoms with van der Waals surface area (Å²) in [5.74, 6) is -2.54. The molecule has 0 fully saturated rings. The van der Waals surface area contributed by atoms with E-state index < -0.39 is 41.8 Å². The van der Waals surface area contributed by atoms with E-state index in [0.717, 1.165) is 11.1 Å². The van der Waals surface area contributed by atoms with Crippen LogP contribution < -0.4 is 16.0 Å². The molecule has 3 amide bonds. The fourth-order valence-electron chi connectivity index (χ4n) is 4.17. The van der Waals surface area contributed by atoms with Crippen LogP contribution >= 0.6 is 0 Å². The Balaban J connectivity index is 1.78. The maximum absolute atomic E-state index is 13.5. The number of hydrogen-bond donors (Lipinski definition) is 3. The summed E-state index contributed by atoms with van der Waals surface area (Å²) < 4.78 is 4.93. The summed E-state index contributed by atoms with van der Waals surface area (Å²) >= 11 is 0. The first kappa shape index (κ1) is 28.4. The van der Waals surface area contributed by atoms with Gasteiger partial charge in [0.2, 0.25) is 17.7 Å². The van der Waals surface area contributed by atoms with Gasteiger partial charge in [0.15, 0.2) is 0 Å². The molecule has 2 aromatic carbocycles. The quantitative estimate of drug-likeness (QED) is 0.375. The zero-order valence-corrected chi connectivity index (χ0v) is 21.9. The molecule has 3 N–H and O–H groups in total. The zero-order valence-electron chi connectivity index (χ0n) is 21.9. The largest absolute Gasteiger partial charge is 0.467 e. The molecule has 3 atom stereocenters. The van der Waals surface area contributed by atoms with Crippen LogP contribution in [-0.2, 0) is 36.8 Å². The minimum Gasteiger partial charge on any atom is -0.467 e. The molecular weight excluding hydrogens is 482 g/mol. The van der Waals surface area contributed by atoms with Crippen LogP contribution in [0.1, 0.15) is 25.0 Å². The summed E-state index contributed by atoms with van der Waals surface area (Å²) in [5.41, 5.74) is 1.68. The molecule has 0 aromatic heterocycles. The standard InChI is InChI=1S/C30H35N3O5/c1-20(2)26(33-27(34)23-16-10-11-17-23)29(36)31-24(18-21-12-6-4-7-13-21)28(35)32-25(30(37)38-3)19-22-14-8-5-9-15-22/h4-17,20,23-26H,18-19H2,1-3H3,(H,31,36)(H,32,35)(H,33,34)/t24-,25-,26-/m0/s1. The number of rotatable bonds is 12. The Kier molecular flexibility index (Phi) is 10.4. The SMILES string of the molecule is COC(=O)[C@H](Cc1ccccc1)NC(=O)[C@H](Cc1ccccc1)NC(=O)[C@@H](NC(=O)C1C=CC=C1)C(C)C. The molecule has 0 radical (unpaired) electrons. The fraction of sp³-hybridized carbons (Fsp3) is 0.333. The molecule has 0 saturated carbocycles. The molecule has 8 nitrogen and oxygen atoms in total. The molecule has 1 aliphatic carbocycles. The molecule has 2 aromatic rings. The third-order valence-corrected chi connectivity index (χ3v) is 6.30. The van der Waals surface area contributed by atoms with Gasteiger partial charge in [-0.2, -0.15) is 0 Å². The van der Waals surface area contributed by atoms with E-state index in [2.05, 4.69) is 16.0 Å². The minimum absolute atomic E-state index is 0.199. The molecule has 1 aliphatic rings. The van der Waals surface area contributed by atoms with E-state index in [-0.39, 0.29) is 24.7 Å². The second-order valence-corrected chi connectivity index (χ2v) is 9.55. The lowest BCUT2D eigenvalue weighted by molar-refractivity contribution is -0.145. The Morgan fingerprint density at radius 1 is 0.737 bits per heavy atom. The second kappa shape index (κ2) is 13.9. The highest BCUT2D eigenvalue weighted by Crippen LogP contribution is 2.12. The van der Waals surface area contributed by atoms with Crippen molar-refractivity contribution in [1.82, 2.24) is 16.0 Å². The number of carbonyl (C=O) groups is 4.